The third-order valence-corrected chi connectivity index (χ3v) is 3.80. The zero-order valence-electron chi connectivity index (χ0n) is 10.7. The molecule has 0 aliphatic carbocycles. The minimum atomic E-state index is 0.0770. The third kappa shape index (κ3) is 2.85. The Bertz CT molecular complexity index is 447. The second-order valence-corrected chi connectivity index (χ2v) is 5.39. The predicted molar refractivity (Wildman–Crippen MR) is 73.9 cm³/mol. The largest absolute Gasteiger partial charge is 0.338 e. The van der Waals surface area contributed by atoms with Crippen molar-refractivity contribution in [1.29, 1.82) is 0 Å². The summed E-state index contributed by atoms with van der Waals surface area (Å²) in [7, 11) is 0. The Hall–Kier alpha value is -1.06. The summed E-state index contributed by atoms with van der Waals surface area (Å²) in [5.74, 6) is 0.510. The average molecular weight is 267 g/mol. The molecule has 0 bridgehead atoms. The number of hydrogen-bond acceptors (Lipinski definition) is 2. The second-order valence-electron chi connectivity index (χ2n) is 4.95. The molecule has 1 unspecified atom stereocenters. The summed E-state index contributed by atoms with van der Waals surface area (Å²) in [4.78, 5) is 14.4. The highest BCUT2D eigenvalue weighted by Gasteiger charge is 2.24. The van der Waals surface area contributed by atoms with Crippen molar-refractivity contribution in [1.82, 2.24) is 4.90 Å². The van der Waals surface area contributed by atoms with Crippen molar-refractivity contribution in [2.24, 2.45) is 11.7 Å². The van der Waals surface area contributed by atoms with Crippen molar-refractivity contribution in [2.75, 3.05) is 19.6 Å². The lowest BCUT2D eigenvalue weighted by Gasteiger charge is -2.32. The van der Waals surface area contributed by atoms with Gasteiger partial charge < -0.3 is 10.6 Å². The molecule has 1 heterocycles. The monoisotopic (exact) mass is 266 g/mol. The Morgan fingerprint density at radius 3 is 3.06 bits per heavy atom. The van der Waals surface area contributed by atoms with E-state index >= 15 is 0 Å². The number of benzene rings is 1. The van der Waals surface area contributed by atoms with E-state index < -0.39 is 0 Å². The number of likely N-dealkylation sites (tertiary alicyclic amines) is 1. The van der Waals surface area contributed by atoms with Gasteiger partial charge >= 0.3 is 0 Å². The van der Waals surface area contributed by atoms with Crippen LogP contribution >= 0.6 is 11.6 Å². The molecule has 98 valence electrons. The lowest BCUT2D eigenvalue weighted by Crippen LogP contribution is -2.42. The molecule has 3 nitrogen and oxygen atoms in total. The van der Waals surface area contributed by atoms with Crippen molar-refractivity contribution >= 4 is 17.5 Å². The molecule has 2 N–H and O–H groups in total. The van der Waals surface area contributed by atoms with Crippen LogP contribution in [0.15, 0.2) is 18.2 Å². The molecule has 1 saturated heterocycles. The van der Waals surface area contributed by atoms with Crippen molar-refractivity contribution in [3.05, 3.63) is 34.3 Å². The van der Waals surface area contributed by atoms with Crippen LogP contribution in [0, 0.1) is 12.8 Å². The van der Waals surface area contributed by atoms with Gasteiger partial charge in [0.05, 0.1) is 0 Å². The highest BCUT2D eigenvalue weighted by molar-refractivity contribution is 6.31. The first-order chi connectivity index (χ1) is 8.61. The SMILES string of the molecule is Cc1ccc(Cl)cc1C(=O)N1CCCC(CN)C1. The van der Waals surface area contributed by atoms with Gasteiger partial charge in [-0.1, -0.05) is 17.7 Å². The number of nitrogens with zero attached hydrogens (tertiary/aromatic N) is 1. The van der Waals surface area contributed by atoms with Crippen LogP contribution in [0.1, 0.15) is 28.8 Å². The number of nitrogens with two attached hydrogens (primary N) is 1. The van der Waals surface area contributed by atoms with E-state index in [0.29, 0.717) is 23.0 Å². The van der Waals surface area contributed by atoms with Crippen molar-refractivity contribution in [2.45, 2.75) is 19.8 Å². The van der Waals surface area contributed by atoms with Crippen LogP contribution in [-0.4, -0.2) is 30.4 Å². The lowest BCUT2D eigenvalue weighted by molar-refractivity contribution is 0.0677. The van der Waals surface area contributed by atoms with E-state index in [-0.39, 0.29) is 5.91 Å². The highest BCUT2D eigenvalue weighted by atomic mass is 35.5. The van der Waals surface area contributed by atoms with E-state index in [9.17, 15) is 4.79 Å². The molecule has 1 aliphatic rings. The standard InChI is InChI=1S/C14H19ClN2O/c1-10-4-5-12(15)7-13(10)14(18)17-6-2-3-11(8-16)9-17/h4-5,7,11H,2-3,6,8-9,16H2,1H3. The van der Waals surface area contributed by atoms with E-state index in [0.717, 1.165) is 31.5 Å². The normalized spacial score (nSPS) is 19.9. The van der Waals surface area contributed by atoms with Gasteiger partial charge in [-0.2, -0.15) is 0 Å². The Morgan fingerprint density at radius 2 is 2.33 bits per heavy atom. The van der Waals surface area contributed by atoms with E-state index in [1.165, 1.54) is 0 Å². The van der Waals surface area contributed by atoms with E-state index in [1.807, 2.05) is 24.0 Å². The molecule has 1 fully saturated rings. The molecule has 0 radical (unpaired) electrons. The number of amides is 1. The first-order valence-electron chi connectivity index (χ1n) is 6.37. The van der Waals surface area contributed by atoms with E-state index in [4.69, 9.17) is 17.3 Å². The van der Waals surface area contributed by atoms with Crippen molar-refractivity contribution in [3.8, 4) is 0 Å². The molecule has 1 aromatic rings. The van der Waals surface area contributed by atoms with Crippen LogP contribution in [0.25, 0.3) is 0 Å². The summed E-state index contributed by atoms with van der Waals surface area (Å²) in [6, 6.07) is 5.46. The van der Waals surface area contributed by atoms with Crippen LogP contribution in [0.3, 0.4) is 0 Å². The smallest absolute Gasteiger partial charge is 0.254 e. The van der Waals surface area contributed by atoms with Crippen molar-refractivity contribution < 1.29 is 4.79 Å². The average Bonchev–Trinajstić information content (AvgIpc) is 2.41. The summed E-state index contributed by atoms with van der Waals surface area (Å²) in [6.07, 6.45) is 2.15. The zero-order chi connectivity index (χ0) is 13.1. The number of carbonyl (C=O) groups excluding carboxylic acids is 1. The third-order valence-electron chi connectivity index (χ3n) is 3.57. The van der Waals surface area contributed by atoms with Gasteiger partial charge in [0.2, 0.25) is 0 Å². The molecule has 2 rings (SSSR count). The molecule has 4 heteroatoms. The van der Waals surface area contributed by atoms with Crippen molar-refractivity contribution in [3.63, 3.8) is 0 Å². The fourth-order valence-corrected chi connectivity index (χ4v) is 2.61. The topological polar surface area (TPSA) is 46.3 Å². The number of hydrogen-bond donors (Lipinski definition) is 1. The van der Waals surface area contributed by atoms with Gasteiger partial charge in [-0.3, -0.25) is 4.79 Å². The summed E-state index contributed by atoms with van der Waals surface area (Å²) < 4.78 is 0. The number of piperidine rings is 1. The lowest BCUT2D eigenvalue weighted by atomic mass is 9.97. The van der Waals surface area contributed by atoms with Crippen LogP contribution in [0.4, 0.5) is 0 Å². The van der Waals surface area contributed by atoms with Gasteiger partial charge in [0.25, 0.3) is 5.91 Å². The maximum Gasteiger partial charge on any atom is 0.254 e. The van der Waals surface area contributed by atoms with Gasteiger partial charge in [-0.15, -0.1) is 0 Å². The molecule has 1 atom stereocenters. The first-order valence-corrected chi connectivity index (χ1v) is 6.75. The molecule has 1 aromatic carbocycles. The van der Waals surface area contributed by atoms with Crippen LogP contribution in [0.5, 0.6) is 0 Å². The Kier molecular flexibility index (Phi) is 4.25. The summed E-state index contributed by atoms with van der Waals surface area (Å²) >= 11 is 5.97. The molecular formula is C14H19ClN2O. The van der Waals surface area contributed by atoms with Gasteiger partial charge in [0.15, 0.2) is 0 Å². The number of aryl methyl sites for hydroxylation is 1. The van der Waals surface area contributed by atoms with Crippen LogP contribution in [-0.2, 0) is 0 Å². The van der Waals surface area contributed by atoms with Gasteiger partial charge in [-0.25, -0.2) is 0 Å². The van der Waals surface area contributed by atoms with E-state index in [2.05, 4.69) is 0 Å². The highest BCUT2D eigenvalue weighted by Crippen LogP contribution is 2.21. The number of carbonyl (C=O) groups is 1. The van der Waals surface area contributed by atoms with Gasteiger partial charge in [0, 0.05) is 23.7 Å². The van der Waals surface area contributed by atoms with E-state index in [1.54, 1.807) is 6.07 Å². The molecule has 0 spiro atoms. The maximum atomic E-state index is 12.5. The maximum absolute atomic E-state index is 12.5. The summed E-state index contributed by atoms with van der Waals surface area (Å²) in [6.45, 7) is 4.18. The summed E-state index contributed by atoms with van der Waals surface area (Å²) in [5, 5.41) is 0.608. The molecular weight excluding hydrogens is 248 g/mol. The minimum absolute atomic E-state index is 0.0770. The summed E-state index contributed by atoms with van der Waals surface area (Å²) in [5.41, 5.74) is 7.38. The molecule has 18 heavy (non-hydrogen) atoms. The quantitative estimate of drug-likeness (QED) is 0.894. The zero-order valence-corrected chi connectivity index (χ0v) is 11.4. The molecule has 0 saturated carbocycles. The fraction of sp³-hybridized carbons (Fsp3) is 0.500. The molecule has 0 aromatic heterocycles. The Morgan fingerprint density at radius 1 is 1.56 bits per heavy atom. The van der Waals surface area contributed by atoms with Crippen LogP contribution in [0.2, 0.25) is 5.02 Å². The van der Waals surface area contributed by atoms with Gasteiger partial charge in [0.1, 0.15) is 0 Å². The first kappa shape index (κ1) is 13.4. The van der Waals surface area contributed by atoms with Crippen LogP contribution < -0.4 is 5.73 Å². The molecule has 1 amide bonds. The number of halogens is 1. The second kappa shape index (κ2) is 5.72. The van der Waals surface area contributed by atoms with Gasteiger partial charge in [-0.05, 0) is 49.9 Å². The predicted octanol–water partition coefficient (Wildman–Crippen LogP) is 2.46. The fourth-order valence-electron chi connectivity index (χ4n) is 2.44. The minimum Gasteiger partial charge on any atom is -0.338 e. The number of rotatable bonds is 2. The molecule has 1 aliphatic heterocycles. The Balaban J connectivity index is 2.17. The Labute approximate surface area is 113 Å².